The molecule has 1 atom stereocenters. The molecule has 15 heavy (non-hydrogen) atoms. The molecule has 0 bridgehead atoms. The van der Waals surface area contributed by atoms with Crippen LogP contribution in [0.25, 0.3) is 0 Å². The normalized spacial score (nSPS) is 27.9. The van der Waals surface area contributed by atoms with E-state index < -0.39 is 5.60 Å². The molecule has 0 aliphatic carbocycles. The number of aliphatic hydroxyl groups is 1. The van der Waals surface area contributed by atoms with Gasteiger partial charge in [-0.25, -0.2) is 0 Å². The second kappa shape index (κ2) is 4.48. The molecule has 1 fully saturated rings. The Bertz CT molecular complexity index is 276. The number of hydrogen-bond acceptors (Lipinski definition) is 4. The van der Waals surface area contributed by atoms with Crippen LogP contribution in [0.15, 0.2) is 5.16 Å². The third-order valence-corrected chi connectivity index (χ3v) is 2.49. The van der Waals surface area contributed by atoms with E-state index in [1.165, 1.54) is 0 Å². The van der Waals surface area contributed by atoms with E-state index in [0.29, 0.717) is 19.5 Å². The molecule has 0 aromatic heterocycles. The Morgan fingerprint density at radius 3 is 2.87 bits per heavy atom. The maximum Gasteiger partial charge on any atom is 0.230 e. The predicted molar refractivity (Wildman–Crippen MR) is 54.5 cm³/mol. The molecule has 86 valence electrons. The number of amidine groups is 1. The van der Waals surface area contributed by atoms with Crippen molar-refractivity contribution in [2.75, 3.05) is 13.1 Å². The van der Waals surface area contributed by atoms with Crippen LogP contribution in [0.3, 0.4) is 0 Å². The van der Waals surface area contributed by atoms with Crippen LogP contribution in [-0.2, 0) is 4.79 Å². The van der Waals surface area contributed by atoms with E-state index >= 15 is 0 Å². The van der Waals surface area contributed by atoms with Gasteiger partial charge in [0.15, 0.2) is 0 Å². The highest BCUT2D eigenvalue weighted by Crippen LogP contribution is 2.20. The van der Waals surface area contributed by atoms with Crippen LogP contribution in [0, 0.1) is 0 Å². The van der Waals surface area contributed by atoms with Gasteiger partial charge in [-0.15, -0.1) is 0 Å². The summed E-state index contributed by atoms with van der Waals surface area (Å²) >= 11 is 0. The third kappa shape index (κ3) is 3.39. The van der Waals surface area contributed by atoms with E-state index in [4.69, 9.17) is 10.9 Å². The fraction of sp³-hybridized carbons (Fsp3) is 0.778. The van der Waals surface area contributed by atoms with Crippen LogP contribution >= 0.6 is 0 Å². The molecule has 1 saturated heterocycles. The minimum absolute atomic E-state index is 0.105. The number of piperidine rings is 1. The molecule has 1 aliphatic heterocycles. The first-order chi connectivity index (χ1) is 6.94. The lowest BCUT2D eigenvalue weighted by molar-refractivity contribution is -0.136. The van der Waals surface area contributed by atoms with E-state index in [-0.39, 0.29) is 18.2 Å². The Balaban J connectivity index is 2.53. The number of amides is 1. The molecule has 4 N–H and O–H groups in total. The van der Waals surface area contributed by atoms with Gasteiger partial charge in [-0.1, -0.05) is 5.16 Å². The fourth-order valence-electron chi connectivity index (χ4n) is 1.74. The quantitative estimate of drug-likeness (QED) is 0.250. The monoisotopic (exact) mass is 215 g/mol. The van der Waals surface area contributed by atoms with Crippen molar-refractivity contribution in [3.63, 3.8) is 0 Å². The summed E-state index contributed by atoms with van der Waals surface area (Å²) in [6.45, 7) is 2.63. The van der Waals surface area contributed by atoms with Crippen molar-refractivity contribution in [1.82, 2.24) is 4.90 Å². The van der Waals surface area contributed by atoms with Crippen LogP contribution < -0.4 is 5.73 Å². The van der Waals surface area contributed by atoms with Crippen molar-refractivity contribution in [3.05, 3.63) is 0 Å². The maximum absolute atomic E-state index is 11.6. The molecular formula is C9H17N3O3. The standard InChI is InChI=1S/C9H17N3O3/c1-9(14)3-2-4-12(6-9)8(13)5-7(10)11-15/h14-15H,2-6H2,1H3,(H2,10,11). The van der Waals surface area contributed by atoms with Crippen LogP contribution in [-0.4, -0.2) is 45.6 Å². The first kappa shape index (κ1) is 11.8. The second-order valence-corrected chi connectivity index (χ2v) is 4.18. The minimum Gasteiger partial charge on any atom is -0.409 e. The summed E-state index contributed by atoms with van der Waals surface area (Å²) in [7, 11) is 0. The predicted octanol–water partition coefficient (Wildman–Crippen LogP) is -0.504. The Hall–Kier alpha value is -1.30. The van der Waals surface area contributed by atoms with E-state index in [9.17, 15) is 9.90 Å². The molecule has 1 aliphatic rings. The number of rotatable bonds is 2. The lowest BCUT2D eigenvalue weighted by atomic mass is 9.95. The number of nitrogens with zero attached hydrogens (tertiary/aromatic N) is 2. The molecule has 1 rings (SSSR count). The molecule has 0 radical (unpaired) electrons. The number of β-amino-alcohol motifs (C(OH)–C–C–N with tert-alkyl or cyclic N) is 1. The Kier molecular flexibility index (Phi) is 3.52. The zero-order valence-corrected chi connectivity index (χ0v) is 8.81. The second-order valence-electron chi connectivity index (χ2n) is 4.18. The number of likely N-dealkylation sites (tertiary alicyclic amines) is 1. The number of carbonyl (C=O) groups is 1. The Morgan fingerprint density at radius 1 is 1.67 bits per heavy atom. The van der Waals surface area contributed by atoms with E-state index in [0.717, 1.165) is 6.42 Å². The summed E-state index contributed by atoms with van der Waals surface area (Å²) in [6.07, 6.45) is 1.36. The molecule has 1 unspecified atom stereocenters. The van der Waals surface area contributed by atoms with Gasteiger partial charge < -0.3 is 20.9 Å². The van der Waals surface area contributed by atoms with Gasteiger partial charge in [0, 0.05) is 13.1 Å². The molecule has 1 amide bonds. The first-order valence-electron chi connectivity index (χ1n) is 4.91. The number of carbonyl (C=O) groups excluding carboxylic acids is 1. The highest BCUT2D eigenvalue weighted by molar-refractivity contribution is 5.98. The molecular weight excluding hydrogens is 198 g/mol. The van der Waals surface area contributed by atoms with Crippen molar-refractivity contribution in [2.24, 2.45) is 10.9 Å². The SMILES string of the molecule is CC1(O)CCCN(C(=O)CC(N)=NO)C1. The number of hydrogen-bond donors (Lipinski definition) is 3. The largest absolute Gasteiger partial charge is 0.409 e. The van der Waals surface area contributed by atoms with Gasteiger partial charge in [0.2, 0.25) is 5.91 Å². The van der Waals surface area contributed by atoms with Crippen molar-refractivity contribution in [1.29, 1.82) is 0 Å². The van der Waals surface area contributed by atoms with Gasteiger partial charge in [0.1, 0.15) is 5.84 Å². The van der Waals surface area contributed by atoms with Crippen LogP contribution in [0.5, 0.6) is 0 Å². The third-order valence-electron chi connectivity index (χ3n) is 2.49. The zero-order valence-electron chi connectivity index (χ0n) is 8.81. The van der Waals surface area contributed by atoms with Crippen molar-refractivity contribution < 1.29 is 15.1 Å². The van der Waals surface area contributed by atoms with Crippen LogP contribution in [0.1, 0.15) is 26.2 Å². The Labute approximate surface area is 88.4 Å². The lowest BCUT2D eigenvalue weighted by Crippen LogP contribution is -2.49. The summed E-state index contributed by atoms with van der Waals surface area (Å²) < 4.78 is 0. The minimum atomic E-state index is -0.820. The van der Waals surface area contributed by atoms with Crippen LogP contribution in [0.2, 0.25) is 0 Å². The summed E-state index contributed by atoms with van der Waals surface area (Å²) in [6, 6.07) is 0. The molecule has 0 spiro atoms. The topological polar surface area (TPSA) is 99.2 Å². The van der Waals surface area contributed by atoms with Crippen molar-refractivity contribution in [3.8, 4) is 0 Å². The fourth-order valence-corrected chi connectivity index (χ4v) is 1.74. The first-order valence-corrected chi connectivity index (χ1v) is 4.91. The summed E-state index contributed by atoms with van der Waals surface area (Å²) in [5, 5.41) is 20.9. The highest BCUT2D eigenvalue weighted by atomic mass is 16.4. The zero-order chi connectivity index (χ0) is 11.5. The van der Waals surface area contributed by atoms with Crippen molar-refractivity contribution >= 4 is 11.7 Å². The van der Waals surface area contributed by atoms with E-state index in [1.807, 2.05) is 0 Å². The smallest absolute Gasteiger partial charge is 0.230 e. The van der Waals surface area contributed by atoms with Crippen LogP contribution in [0.4, 0.5) is 0 Å². The molecule has 0 saturated carbocycles. The number of oxime groups is 1. The Morgan fingerprint density at radius 2 is 2.33 bits per heavy atom. The molecule has 6 nitrogen and oxygen atoms in total. The van der Waals surface area contributed by atoms with E-state index in [2.05, 4.69) is 5.16 Å². The average Bonchev–Trinajstić information content (AvgIpc) is 2.16. The highest BCUT2D eigenvalue weighted by Gasteiger charge is 2.30. The summed E-state index contributed by atoms with van der Waals surface area (Å²) in [5.41, 5.74) is 4.42. The van der Waals surface area contributed by atoms with Gasteiger partial charge in [-0.2, -0.15) is 0 Å². The maximum atomic E-state index is 11.6. The van der Waals surface area contributed by atoms with Gasteiger partial charge >= 0.3 is 0 Å². The molecule has 6 heteroatoms. The molecule has 1 heterocycles. The van der Waals surface area contributed by atoms with Gasteiger partial charge in [-0.05, 0) is 19.8 Å². The molecule has 0 aromatic carbocycles. The number of nitrogens with two attached hydrogens (primary N) is 1. The van der Waals surface area contributed by atoms with E-state index in [1.54, 1.807) is 11.8 Å². The van der Waals surface area contributed by atoms with Gasteiger partial charge in [0.05, 0.1) is 12.0 Å². The summed E-state index contributed by atoms with van der Waals surface area (Å²) in [4.78, 5) is 13.1. The lowest BCUT2D eigenvalue weighted by Gasteiger charge is -2.36. The molecule has 0 aromatic rings. The van der Waals surface area contributed by atoms with Gasteiger partial charge in [0.25, 0.3) is 0 Å². The van der Waals surface area contributed by atoms with Gasteiger partial charge in [-0.3, -0.25) is 4.79 Å². The van der Waals surface area contributed by atoms with Crippen molar-refractivity contribution in [2.45, 2.75) is 31.8 Å². The summed E-state index contributed by atoms with van der Waals surface area (Å²) in [5.74, 6) is -0.324. The average molecular weight is 215 g/mol.